The topological polar surface area (TPSA) is 8.17 Å². The van der Waals surface area contributed by atoms with Gasteiger partial charge in [0.25, 0.3) is 0 Å². The summed E-state index contributed by atoms with van der Waals surface area (Å²) in [5, 5.41) is 5.02. The number of anilines is 3. The molecule has 0 amide bonds. The predicted molar refractivity (Wildman–Crippen MR) is 272 cm³/mol. The number of nitrogens with zero attached hydrogens (tertiary/aromatic N) is 2. The molecule has 0 radical (unpaired) electrons. The quantitative estimate of drug-likeness (QED) is 0.174. The Morgan fingerprint density at radius 3 is 1.74 bits per heavy atom. The summed E-state index contributed by atoms with van der Waals surface area (Å²) in [7, 11) is 0. The average molecular weight is 847 g/mol. The van der Waals surface area contributed by atoms with E-state index in [0.717, 1.165) is 22.7 Å². The fourth-order valence-electron chi connectivity index (χ4n) is 12.1. The van der Waals surface area contributed by atoms with E-state index in [1.54, 1.807) is 0 Å². The summed E-state index contributed by atoms with van der Waals surface area (Å²) in [5.41, 5.74) is 19.6. The van der Waals surface area contributed by atoms with E-state index in [1.807, 2.05) is 11.8 Å². The van der Waals surface area contributed by atoms with Crippen LogP contribution in [0.2, 0.25) is 0 Å². The van der Waals surface area contributed by atoms with Gasteiger partial charge in [0.15, 0.2) is 0 Å². The summed E-state index contributed by atoms with van der Waals surface area (Å²) < 4.78 is 2.43. The van der Waals surface area contributed by atoms with Gasteiger partial charge < -0.3 is 9.47 Å². The summed E-state index contributed by atoms with van der Waals surface area (Å²) in [5.74, 6) is 0. The van der Waals surface area contributed by atoms with Crippen LogP contribution in [0.3, 0.4) is 0 Å². The molecule has 14 rings (SSSR count). The molecule has 2 heterocycles. The fourth-order valence-corrected chi connectivity index (χ4v) is 13.3. The van der Waals surface area contributed by atoms with Gasteiger partial charge in [0.2, 0.25) is 0 Å². The van der Waals surface area contributed by atoms with Crippen molar-refractivity contribution in [1.82, 2.24) is 4.57 Å². The van der Waals surface area contributed by atoms with Crippen LogP contribution in [0.15, 0.2) is 228 Å². The first-order valence-electron chi connectivity index (χ1n) is 22.7. The number of benzene rings is 10. The minimum absolute atomic E-state index is 0.0996. The molecule has 306 valence electrons. The van der Waals surface area contributed by atoms with E-state index in [2.05, 4.69) is 242 Å². The largest absolute Gasteiger partial charge is 0.310 e. The Hall–Kier alpha value is -7.59. The van der Waals surface area contributed by atoms with Gasteiger partial charge in [-0.25, -0.2) is 0 Å². The molecule has 1 spiro atoms. The van der Waals surface area contributed by atoms with Crippen molar-refractivity contribution in [2.75, 3.05) is 4.90 Å². The van der Waals surface area contributed by atoms with Gasteiger partial charge in [-0.1, -0.05) is 183 Å². The van der Waals surface area contributed by atoms with E-state index in [-0.39, 0.29) is 5.41 Å². The molecular formula is C62H42N2S. The molecule has 3 aliphatic rings. The molecule has 0 bridgehead atoms. The highest BCUT2D eigenvalue weighted by atomic mass is 32.2. The van der Waals surface area contributed by atoms with Crippen molar-refractivity contribution in [2.45, 2.75) is 34.5 Å². The maximum absolute atomic E-state index is 2.54. The lowest BCUT2D eigenvalue weighted by atomic mass is 9.59. The van der Waals surface area contributed by atoms with Crippen LogP contribution in [-0.2, 0) is 10.8 Å². The van der Waals surface area contributed by atoms with Crippen molar-refractivity contribution in [3.8, 4) is 27.9 Å². The molecule has 0 atom stereocenters. The van der Waals surface area contributed by atoms with E-state index in [0.29, 0.717) is 0 Å². The Bertz CT molecular complexity index is 3750. The van der Waals surface area contributed by atoms with Crippen LogP contribution in [0.25, 0.3) is 60.5 Å². The Balaban J connectivity index is 1.09. The summed E-state index contributed by atoms with van der Waals surface area (Å²) in [6, 6.07) is 82.2. The molecule has 65 heavy (non-hydrogen) atoms. The number of hydrogen-bond donors (Lipinski definition) is 0. The molecule has 0 saturated heterocycles. The lowest BCUT2D eigenvalue weighted by molar-refractivity contribution is 0.660. The lowest BCUT2D eigenvalue weighted by Crippen LogP contribution is -2.36. The second-order valence-electron chi connectivity index (χ2n) is 18.4. The van der Waals surface area contributed by atoms with Crippen molar-refractivity contribution in [1.29, 1.82) is 0 Å². The Morgan fingerprint density at radius 2 is 0.954 bits per heavy atom. The minimum atomic E-state index is -0.511. The maximum atomic E-state index is 2.54. The van der Waals surface area contributed by atoms with Gasteiger partial charge in [-0.15, -0.1) is 0 Å². The van der Waals surface area contributed by atoms with Crippen molar-refractivity contribution in [2.24, 2.45) is 0 Å². The second-order valence-corrected chi connectivity index (χ2v) is 19.5. The first-order valence-corrected chi connectivity index (χ1v) is 23.5. The molecule has 1 aliphatic heterocycles. The third-order valence-electron chi connectivity index (χ3n) is 14.8. The van der Waals surface area contributed by atoms with Crippen LogP contribution in [0.4, 0.5) is 17.1 Å². The van der Waals surface area contributed by atoms with Gasteiger partial charge in [0.05, 0.1) is 22.1 Å². The van der Waals surface area contributed by atoms with Gasteiger partial charge in [-0.2, -0.15) is 0 Å². The second kappa shape index (κ2) is 13.5. The van der Waals surface area contributed by atoms with Gasteiger partial charge in [0, 0.05) is 48.4 Å². The number of rotatable bonds is 4. The molecule has 2 aliphatic carbocycles. The molecule has 2 nitrogen and oxygen atoms in total. The van der Waals surface area contributed by atoms with E-state index in [4.69, 9.17) is 0 Å². The van der Waals surface area contributed by atoms with E-state index in [1.165, 1.54) is 98.0 Å². The molecular weight excluding hydrogens is 805 g/mol. The molecule has 10 aromatic carbocycles. The smallest absolute Gasteiger partial charge is 0.0735 e. The van der Waals surface area contributed by atoms with Gasteiger partial charge in [-0.3, -0.25) is 0 Å². The van der Waals surface area contributed by atoms with Crippen molar-refractivity contribution in [3.63, 3.8) is 0 Å². The zero-order valence-electron chi connectivity index (χ0n) is 36.1. The highest BCUT2D eigenvalue weighted by molar-refractivity contribution is 7.99. The van der Waals surface area contributed by atoms with Crippen molar-refractivity contribution < 1.29 is 0 Å². The molecule has 11 aromatic rings. The lowest BCUT2D eigenvalue weighted by Gasteiger charge is -2.46. The molecule has 3 heteroatoms. The zero-order chi connectivity index (χ0) is 43.0. The maximum Gasteiger partial charge on any atom is 0.0735 e. The van der Waals surface area contributed by atoms with Crippen LogP contribution < -0.4 is 4.90 Å². The van der Waals surface area contributed by atoms with Gasteiger partial charge >= 0.3 is 0 Å². The zero-order valence-corrected chi connectivity index (χ0v) is 36.9. The summed E-state index contributed by atoms with van der Waals surface area (Å²) in [4.78, 5) is 5.15. The van der Waals surface area contributed by atoms with Crippen molar-refractivity contribution in [3.05, 3.63) is 252 Å². The molecule has 0 N–H and O–H groups in total. The number of fused-ring (bicyclic) bond motifs is 14. The van der Waals surface area contributed by atoms with Crippen LogP contribution in [0, 0.1) is 0 Å². The number of hydrogen-bond acceptors (Lipinski definition) is 2. The standard InChI is InChI=1S/C62H42N2S/c1-61(2)49-23-9-6-20-43(49)48-37-40(32-35-50(48)61)63(41-31-33-45-44-21-8-13-28-55(44)64(57(45)38-41)39-17-4-3-5-18-39)56-36-34-46-42-19-7-10-24-51(42)62(54-27-16-22-47(56)60(46)54)52-25-11-14-29-58(52)65-59-30-15-12-26-53(59)62/h3-38H,1-2H3. The van der Waals surface area contributed by atoms with E-state index in [9.17, 15) is 0 Å². The molecule has 0 saturated carbocycles. The third-order valence-corrected chi connectivity index (χ3v) is 16.0. The van der Waals surface area contributed by atoms with E-state index >= 15 is 0 Å². The third kappa shape index (κ3) is 4.91. The molecule has 1 aromatic heterocycles. The number of aromatic nitrogens is 1. The van der Waals surface area contributed by atoms with Crippen LogP contribution in [0.5, 0.6) is 0 Å². The Labute approximate surface area is 383 Å². The average Bonchev–Trinajstić information content (AvgIpc) is 3.81. The highest BCUT2D eigenvalue weighted by Gasteiger charge is 2.48. The predicted octanol–water partition coefficient (Wildman–Crippen LogP) is 16.5. The van der Waals surface area contributed by atoms with Crippen LogP contribution in [-0.4, -0.2) is 4.57 Å². The first-order chi connectivity index (χ1) is 32.0. The fraction of sp³-hybridized carbons (Fsp3) is 0.0645. The SMILES string of the molecule is CC1(C)c2ccccc2-c2cc(N(c3ccc4c5ccccc5n(-c5ccccc5)c4c3)c3ccc4c5c(cccc35)C3(c5ccccc5Sc5ccccc53)c3ccccc3-4)ccc21. The summed E-state index contributed by atoms with van der Waals surface area (Å²) in [6.45, 7) is 4.73. The first kappa shape index (κ1) is 36.8. The summed E-state index contributed by atoms with van der Waals surface area (Å²) >= 11 is 1.89. The van der Waals surface area contributed by atoms with Crippen molar-refractivity contribution >= 4 is 61.4 Å². The Morgan fingerprint density at radius 1 is 0.385 bits per heavy atom. The molecule has 0 unspecified atom stereocenters. The Kier molecular flexibility index (Phi) is 7.63. The normalized spacial score (nSPS) is 14.5. The summed E-state index contributed by atoms with van der Waals surface area (Å²) in [6.07, 6.45) is 0. The minimum Gasteiger partial charge on any atom is -0.310 e. The monoisotopic (exact) mass is 846 g/mol. The number of para-hydroxylation sites is 2. The van der Waals surface area contributed by atoms with E-state index < -0.39 is 5.41 Å². The van der Waals surface area contributed by atoms with Gasteiger partial charge in [-0.05, 0) is 122 Å². The highest BCUT2D eigenvalue weighted by Crippen LogP contribution is 2.62. The van der Waals surface area contributed by atoms with Crippen LogP contribution in [0.1, 0.15) is 47.2 Å². The molecule has 0 fully saturated rings. The van der Waals surface area contributed by atoms with Crippen LogP contribution >= 0.6 is 11.8 Å². The van der Waals surface area contributed by atoms with Gasteiger partial charge in [0.1, 0.15) is 0 Å².